The highest BCUT2D eigenvalue weighted by Gasteiger charge is 2.33. The Labute approximate surface area is 207 Å². The molecule has 0 aliphatic rings. The Morgan fingerprint density at radius 2 is 1.39 bits per heavy atom. The molecule has 0 bridgehead atoms. The van der Waals surface area contributed by atoms with Gasteiger partial charge in [0.15, 0.2) is 0 Å². The summed E-state index contributed by atoms with van der Waals surface area (Å²) in [6.45, 7) is 3.23. The molecule has 0 heterocycles. The van der Waals surface area contributed by atoms with Crippen molar-refractivity contribution in [2.45, 2.75) is 63.7 Å². The van der Waals surface area contributed by atoms with Gasteiger partial charge in [-0.05, 0) is 24.3 Å². The van der Waals surface area contributed by atoms with Crippen LogP contribution in [0.2, 0.25) is 0 Å². The van der Waals surface area contributed by atoms with E-state index in [9.17, 15) is 33.9 Å². The van der Waals surface area contributed by atoms with Crippen LogP contribution in [0, 0.1) is 5.92 Å². The summed E-state index contributed by atoms with van der Waals surface area (Å²) >= 11 is 0. The molecule has 1 aromatic carbocycles. The number of rotatable bonds is 15. The molecule has 0 aliphatic carbocycles. The molecule has 0 saturated heterocycles. The van der Waals surface area contributed by atoms with E-state index >= 15 is 0 Å². The quantitative estimate of drug-likeness (QED) is 0.154. The molecular weight excluding hydrogens is 476 g/mol. The number of carbonyl (C=O) groups excluding carboxylic acids is 3. The van der Waals surface area contributed by atoms with Crippen LogP contribution in [0.1, 0.15) is 38.7 Å². The van der Waals surface area contributed by atoms with Gasteiger partial charge in [0, 0.05) is 6.42 Å². The Bertz CT molecular complexity index is 952. The summed E-state index contributed by atoms with van der Waals surface area (Å²) in [5, 5.41) is 33.9. The first kappa shape index (κ1) is 30.0. The van der Waals surface area contributed by atoms with Crippen molar-refractivity contribution < 1.29 is 44.1 Å². The Kier molecular flexibility index (Phi) is 12.0. The van der Waals surface area contributed by atoms with Gasteiger partial charge in [0.05, 0.1) is 12.5 Å². The Hall–Kier alpha value is -4.00. The number of amides is 3. The minimum atomic E-state index is -1.68. The number of carboxylic acid groups (broad SMARTS) is 3. The summed E-state index contributed by atoms with van der Waals surface area (Å²) in [6.07, 6.45) is -1.68. The minimum absolute atomic E-state index is 0.204. The molecule has 4 unspecified atom stereocenters. The highest BCUT2D eigenvalue weighted by atomic mass is 16.4. The SMILES string of the molecule is CC(C)C(NC(=O)C(N)Cc1ccccc1)C(=O)NC(CC(=O)O)C(=O)NC(CCC(=O)O)C(=O)O. The second kappa shape index (κ2) is 14.4. The van der Waals surface area contributed by atoms with E-state index in [0.717, 1.165) is 5.56 Å². The molecule has 3 amide bonds. The standard InChI is InChI=1S/C23H32N4O9/c1-12(2)19(27-20(32)14(24)10-13-6-4-3-5-7-13)22(34)26-16(11-18(30)31)21(33)25-15(23(35)36)8-9-17(28)29/h3-7,12,14-16,19H,8-11,24H2,1-2H3,(H,25,33)(H,26,34)(H,27,32)(H,28,29)(H,30,31)(H,35,36). The second-order valence-electron chi connectivity index (χ2n) is 8.52. The molecule has 13 heteroatoms. The molecule has 198 valence electrons. The van der Waals surface area contributed by atoms with Gasteiger partial charge in [0.25, 0.3) is 0 Å². The van der Waals surface area contributed by atoms with E-state index in [2.05, 4.69) is 10.6 Å². The van der Waals surface area contributed by atoms with Gasteiger partial charge in [-0.3, -0.25) is 24.0 Å². The van der Waals surface area contributed by atoms with Crippen LogP contribution < -0.4 is 21.7 Å². The lowest BCUT2D eigenvalue weighted by Gasteiger charge is -2.26. The summed E-state index contributed by atoms with van der Waals surface area (Å²) in [5.74, 6) is -7.37. The molecule has 13 nitrogen and oxygen atoms in total. The number of nitrogens with one attached hydrogen (secondary N) is 3. The van der Waals surface area contributed by atoms with E-state index in [-0.39, 0.29) is 6.42 Å². The summed E-state index contributed by atoms with van der Waals surface area (Å²) in [7, 11) is 0. The fourth-order valence-corrected chi connectivity index (χ4v) is 3.20. The van der Waals surface area contributed by atoms with Gasteiger partial charge < -0.3 is 37.0 Å². The van der Waals surface area contributed by atoms with E-state index in [1.807, 2.05) is 11.4 Å². The van der Waals surface area contributed by atoms with Crippen LogP contribution in [0.25, 0.3) is 0 Å². The Morgan fingerprint density at radius 3 is 1.89 bits per heavy atom. The number of hydrogen-bond donors (Lipinski definition) is 7. The third-order valence-electron chi connectivity index (χ3n) is 5.16. The zero-order valence-electron chi connectivity index (χ0n) is 20.0. The molecule has 0 spiro atoms. The molecule has 36 heavy (non-hydrogen) atoms. The number of benzene rings is 1. The molecule has 1 rings (SSSR count). The molecule has 0 fully saturated rings. The van der Waals surface area contributed by atoms with Crippen LogP contribution in [0.3, 0.4) is 0 Å². The number of aliphatic carboxylic acids is 3. The van der Waals surface area contributed by atoms with Crippen LogP contribution >= 0.6 is 0 Å². The number of nitrogens with two attached hydrogens (primary N) is 1. The molecule has 0 saturated carbocycles. The van der Waals surface area contributed by atoms with E-state index in [0.29, 0.717) is 0 Å². The van der Waals surface area contributed by atoms with Crippen LogP contribution in [-0.4, -0.2) is 75.1 Å². The lowest BCUT2D eigenvalue weighted by Crippen LogP contribution is -2.58. The summed E-state index contributed by atoms with van der Waals surface area (Å²) in [5.41, 5.74) is 6.77. The van der Waals surface area contributed by atoms with Gasteiger partial charge in [-0.25, -0.2) is 4.79 Å². The third-order valence-corrected chi connectivity index (χ3v) is 5.16. The number of carboxylic acids is 3. The zero-order valence-corrected chi connectivity index (χ0v) is 20.0. The normalized spacial score (nSPS) is 14.1. The smallest absolute Gasteiger partial charge is 0.326 e. The largest absolute Gasteiger partial charge is 0.481 e. The van der Waals surface area contributed by atoms with Crippen molar-refractivity contribution in [2.75, 3.05) is 0 Å². The minimum Gasteiger partial charge on any atom is -0.481 e. The van der Waals surface area contributed by atoms with Crippen LogP contribution in [0.5, 0.6) is 0 Å². The lowest BCUT2D eigenvalue weighted by molar-refractivity contribution is -0.144. The maximum Gasteiger partial charge on any atom is 0.326 e. The molecular formula is C23H32N4O9. The van der Waals surface area contributed by atoms with Crippen molar-refractivity contribution in [1.82, 2.24) is 16.0 Å². The highest BCUT2D eigenvalue weighted by Crippen LogP contribution is 2.07. The van der Waals surface area contributed by atoms with Crippen LogP contribution in [-0.2, 0) is 35.2 Å². The molecule has 4 atom stereocenters. The van der Waals surface area contributed by atoms with E-state index in [4.69, 9.17) is 15.9 Å². The first-order chi connectivity index (χ1) is 16.8. The predicted octanol–water partition coefficient (Wildman–Crippen LogP) is -0.909. The molecule has 0 aliphatic heterocycles. The van der Waals surface area contributed by atoms with Gasteiger partial charge in [-0.2, -0.15) is 0 Å². The first-order valence-corrected chi connectivity index (χ1v) is 11.2. The molecule has 0 radical (unpaired) electrons. The molecule has 8 N–H and O–H groups in total. The van der Waals surface area contributed by atoms with Crippen molar-refractivity contribution >= 4 is 35.6 Å². The first-order valence-electron chi connectivity index (χ1n) is 11.2. The topological polar surface area (TPSA) is 225 Å². The van der Waals surface area contributed by atoms with Crippen molar-refractivity contribution in [3.05, 3.63) is 35.9 Å². The van der Waals surface area contributed by atoms with E-state index in [1.165, 1.54) is 0 Å². The summed E-state index contributed by atoms with van der Waals surface area (Å²) in [6, 6.07) is 3.50. The van der Waals surface area contributed by atoms with Gasteiger partial charge in [0.2, 0.25) is 17.7 Å². The fourth-order valence-electron chi connectivity index (χ4n) is 3.20. The van der Waals surface area contributed by atoms with Crippen LogP contribution in [0.15, 0.2) is 30.3 Å². The highest BCUT2D eigenvalue weighted by molar-refractivity contribution is 5.95. The van der Waals surface area contributed by atoms with Gasteiger partial charge in [-0.1, -0.05) is 44.2 Å². The maximum absolute atomic E-state index is 12.9. The van der Waals surface area contributed by atoms with E-state index in [1.54, 1.807) is 38.1 Å². The zero-order chi connectivity index (χ0) is 27.4. The van der Waals surface area contributed by atoms with Gasteiger partial charge >= 0.3 is 17.9 Å². The van der Waals surface area contributed by atoms with Crippen molar-refractivity contribution in [3.8, 4) is 0 Å². The van der Waals surface area contributed by atoms with Crippen molar-refractivity contribution in [1.29, 1.82) is 0 Å². The van der Waals surface area contributed by atoms with E-state index < -0.39 is 85.0 Å². The number of carbonyl (C=O) groups is 6. The fraction of sp³-hybridized carbons (Fsp3) is 0.478. The Morgan fingerprint density at radius 1 is 0.806 bits per heavy atom. The average Bonchev–Trinajstić information content (AvgIpc) is 2.78. The lowest BCUT2D eigenvalue weighted by atomic mass is 10.0. The summed E-state index contributed by atoms with van der Waals surface area (Å²) in [4.78, 5) is 71.5. The third kappa shape index (κ3) is 10.5. The molecule has 1 aromatic rings. The monoisotopic (exact) mass is 508 g/mol. The molecule has 0 aromatic heterocycles. The van der Waals surface area contributed by atoms with Gasteiger partial charge in [-0.15, -0.1) is 0 Å². The number of hydrogen-bond acceptors (Lipinski definition) is 7. The van der Waals surface area contributed by atoms with Crippen molar-refractivity contribution in [3.63, 3.8) is 0 Å². The van der Waals surface area contributed by atoms with Crippen molar-refractivity contribution in [2.24, 2.45) is 11.7 Å². The summed E-state index contributed by atoms with van der Waals surface area (Å²) < 4.78 is 0. The van der Waals surface area contributed by atoms with Crippen LogP contribution in [0.4, 0.5) is 0 Å². The average molecular weight is 509 g/mol. The predicted molar refractivity (Wildman–Crippen MR) is 126 cm³/mol. The van der Waals surface area contributed by atoms with Gasteiger partial charge in [0.1, 0.15) is 18.1 Å². The Balaban J connectivity index is 2.92. The maximum atomic E-state index is 12.9. The second-order valence-corrected chi connectivity index (χ2v) is 8.52.